The summed E-state index contributed by atoms with van der Waals surface area (Å²) in [5, 5.41) is 31.2. The van der Waals surface area contributed by atoms with E-state index in [1.165, 1.54) is 0 Å². The summed E-state index contributed by atoms with van der Waals surface area (Å²) in [6, 6.07) is 0. The molecule has 1 unspecified atom stereocenters. The van der Waals surface area contributed by atoms with Crippen molar-refractivity contribution in [1.82, 2.24) is 21.3 Å². The number of carboxylic acid groups (broad SMARTS) is 1. The average Bonchev–Trinajstić information content (AvgIpc) is 3.24. The van der Waals surface area contributed by atoms with Crippen LogP contribution in [0.25, 0.3) is 0 Å². The Balaban J connectivity index is 4.47. The van der Waals surface area contributed by atoms with Gasteiger partial charge in [0.05, 0.1) is 39.6 Å². The van der Waals surface area contributed by atoms with Gasteiger partial charge in [-0.25, -0.2) is 0 Å². The van der Waals surface area contributed by atoms with Gasteiger partial charge in [0.1, 0.15) is 18.8 Å². The van der Waals surface area contributed by atoms with Gasteiger partial charge >= 0.3 is 5.97 Å². The Bertz CT molecular complexity index is 1050. The minimum atomic E-state index is -0.752. The highest BCUT2D eigenvalue weighted by molar-refractivity contribution is 5.76. The molecular formula is C46H86N4O11. The molecule has 0 spiro atoms. The van der Waals surface area contributed by atoms with Crippen molar-refractivity contribution < 1.29 is 53.2 Å². The highest BCUT2D eigenvalue weighted by Gasteiger charge is 2.30. The predicted octanol–water partition coefficient (Wildman–Crippen LogP) is 6.31. The summed E-state index contributed by atoms with van der Waals surface area (Å²) in [7, 11) is 0. The monoisotopic (exact) mass is 871 g/mol. The molecule has 1 atom stereocenters. The third kappa shape index (κ3) is 40.8. The van der Waals surface area contributed by atoms with Crippen LogP contribution in [-0.4, -0.2) is 119 Å². The molecule has 15 heteroatoms. The van der Waals surface area contributed by atoms with Gasteiger partial charge < -0.3 is 50.0 Å². The van der Waals surface area contributed by atoms with Crippen LogP contribution in [0.1, 0.15) is 180 Å². The molecule has 0 aromatic rings. The molecule has 0 rings (SSSR count). The number of aldehydes is 2. The average molecular weight is 871 g/mol. The molecule has 0 saturated carbocycles. The number of aliphatic hydroxyl groups excluding tert-OH is 1. The smallest absolute Gasteiger partial charge is 0.303 e. The van der Waals surface area contributed by atoms with E-state index >= 15 is 0 Å². The number of hydrogen-bond donors (Lipinski definition) is 6. The van der Waals surface area contributed by atoms with Gasteiger partial charge in [-0.1, -0.05) is 77.6 Å². The number of amides is 3. The van der Waals surface area contributed by atoms with Crippen molar-refractivity contribution in [3.05, 3.63) is 0 Å². The first-order valence-electron chi connectivity index (χ1n) is 23.7. The highest BCUT2D eigenvalue weighted by Crippen LogP contribution is 2.24. The molecule has 0 aliphatic rings. The van der Waals surface area contributed by atoms with Crippen LogP contribution in [0.15, 0.2) is 0 Å². The van der Waals surface area contributed by atoms with E-state index in [0.29, 0.717) is 91.1 Å². The molecule has 0 bridgehead atoms. The molecule has 15 nitrogen and oxygen atoms in total. The largest absolute Gasteiger partial charge is 0.481 e. The van der Waals surface area contributed by atoms with Gasteiger partial charge in [0, 0.05) is 70.0 Å². The Labute approximate surface area is 367 Å². The first-order valence-corrected chi connectivity index (χ1v) is 23.7. The van der Waals surface area contributed by atoms with Crippen molar-refractivity contribution in [3.63, 3.8) is 0 Å². The van der Waals surface area contributed by atoms with Crippen molar-refractivity contribution >= 4 is 36.3 Å². The van der Waals surface area contributed by atoms with Crippen LogP contribution in [0.3, 0.4) is 0 Å². The van der Waals surface area contributed by atoms with Gasteiger partial charge in [-0.05, 0) is 64.3 Å². The summed E-state index contributed by atoms with van der Waals surface area (Å²) in [4.78, 5) is 68.3. The molecule has 61 heavy (non-hydrogen) atoms. The van der Waals surface area contributed by atoms with Crippen LogP contribution in [0.2, 0.25) is 0 Å². The molecule has 0 heterocycles. The van der Waals surface area contributed by atoms with Crippen LogP contribution < -0.4 is 21.3 Å². The van der Waals surface area contributed by atoms with Crippen molar-refractivity contribution in [2.45, 2.75) is 187 Å². The molecule has 0 saturated heterocycles. The standard InChI is InChI=1S/C46H86N4O11/c1-2-46(38-59-35-26-42(54)48-30-18-10-3-5-14-22-33-51,39-60-36-27-43(55)49-31-19-11-4-6-15-23-34-52)40-61-37-28-44(56)50-32-21-13-9-16-24-41(53)47-29-20-12-7-8-17-25-45(57)58/h33-34,44,50,56H,2-32,35-40H2,1H3,(H,47,53)(H,48,54)(H,49,55)(H,57,58). The zero-order valence-electron chi connectivity index (χ0n) is 38.0. The van der Waals surface area contributed by atoms with E-state index in [2.05, 4.69) is 21.3 Å². The maximum absolute atomic E-state index is 12.4. The zero-order chi connectivity index (χ0) is 44.9. The van der Waals surface area contributed by atoms with Crippen LogP contribution in [0.5, 0.6) is 0 Å². The van der Waals surface area contributed by atoms with Gasteiger partial charge in [0.25, 0.3) is 0 Å². The molecule has 0 radical (unpaired) electrons. The van der Waals surface area contributed by atoms with Crippen LogP contribution in [0.4, 0.5) is 0 Å². The first-order chi connectivity index (χ1) is 29.7. The Morgan fingerprint density at radius 3 is 1.33 bits per heavy atom. The second-order valence-electron chi connectivity index (χ2n) is 16.3. The van der Waals surface area contributed by atoms with Crippen molar-refractivity contribution in [1.29, 1.82) is 0 Å². The lowest BCUT2D eigenvalue weighted by Crippen LogP contribution is -2.38. The first kappa shape index (κ1) is 58.0. The Kier molecular flexibility index (Phi) is 41.5. The van der Waals surface area contributed by atoms with Crippen LogP contribution in [0, 0.1) is 5.41 Å². The lowest BCUT2D eigenvalue weighted by atomic mass is 9.88. The lowest BCUT2D eigenvalue weighted by molar-refractivity contribution is -0.137. The third-order valence-electron chi connectivity index (χ3n) is 10.7. The van der Waals surface area contributed by atoms with E-state index in [1.54, 1.807) is 0 Å². The van der Waals surface area contributed by atoms with Crippen LogP contribution >= 0.6 is 0 Å². The predicted molar refractivity (Wildman–Crippen MR) is 238 cm³/mol. The third-order valence-corrected chi connectivity index (χ3v) is 10.7. The second-order valence-corrected chi connectivity index (χ2v) is 16.3. The van der Waals surface area contributed by atoms with Gasteiger partial charge in [0.15, 0.2) is 0 Å². The Morgan fingerprint density at radius 2 is 0.885 bits per heavy atom. The number of carboxylic acids is 1. The fraction of sp³-hybridized carbons (Fsp3) is 0.870. The van der Waals surface area contributed by atoms with Gasteiger partial charge in [-0.2, -0.15) is 0 Å². The lowest BCUT2D eigenvalue weighted by Gasteiger charge is -2.32. The van der Waals surface area contributed by atoms with Crippen molar-refractivity contribution in [3.8, 4) is 0 Å². The number of rotatable bonds is 48. The number of hydrogen-bond acceptors (Lipinski definition) is 11. The number of aliphatic carboxylic acids is 1. The Morgan fingerprint density at radius 1 is 0.508 bits per heavy atom. The number of aliphatic hydroxyl groups is 1. The van der Waals surface area contributed by atoms with Gasteiger partial charge in [0.2, 0.25) is 17.7 Å². The van der Waals surface area contributed by atoms with E-state index in [1.807, 2.05) is 6.92 Å². The zero-order valence-corrected chi connectivity index (χ0v) is 38.0. The van der Waals surface area contributed by atoms with Gasteiger partial charge in [-0.15, -0.1) is 0 Å². The van der Waals surface area contributed by atoms with E-state index in [0.717, 1.165) is 128 Å². The topological polar surface area (TPSA) is 219 Å². The second kappa shape index (κ2) is 43.7. The molecule has 6 N–H and O–H groups in total. The molecule has 3 amide bonds. The number of ether oxygens (including phenoxy) is 3. The fourth-order valence-corrected chi connectivity index (χ4v) is 6.60. The molecule has 0 fully saturated rings. The molecule has 0 aliphatic heterocycles. The van der Waals surface area contributed by atoms with E-state index < -0.39 is 17.6 Å². The summed E-state index contributed by atoms with van der Waals surface area (Å²) in [6.45, 7) is 6.40. The van der Waals surface area contributed by atoms with Gasteiger partial charge in [-0.3, -0.25) is 24.5 Å². The summed E-state index contributed by atoms with van der Waals surface area (Å²) in [5.41, 5.74) is -0.500. The molecular weight excluding hydrogens is 785 g/mol. The number of unbranched alkanes of at least 4 members (excludes halogenated alkanes) is 17. The van der Waals surface area contributed by atoms with Crippen molar-refractivity contribution in [2.75, 3.05) is 65.8 Å². The Hall–Kier alpha value is -2.98. The maximum Gasteiger partial charge on any atom is 0.303 e. The molecule has 356 valence electrons. The molecule has 0 aliphatic carbocycles. The summed E-state index contributed by atoms with van der Waals surface area (Å²) in [6.07, 6.45) is 22.6. The number of carbonyl (C=O) groups is 6. The van der Waals surface area contributed by atoms with Crippen molar-refractivity contribution in [2.24, 2.45) is 5.41 Å². The highest BCUT2D eigenvalue weighted by atomic mass is 16.5. The summed E-state index contributed by atoms with van der Waals surface area (Å²) in [5.74, 6) is -0.803. The van der Waals surface area contributed by atoms with E-state index in [-0.39, 0.29) is 50.2 Å². The minimum absolute atomic E-state index is 0.0597. The van der Waals surface area contributed by atoms with E-state index in [9.17, 15) is 33.9 Å². The molecule has 0 aromatic heterocycles. The fourth-order valence-electron chi connectivity index (χ4n) is 6.60. The quantitative estimate of drug-likeness (QED) is 0.0225. The molecule has 0 aromatic carbocycles. The summed E-state index contributed by atoms with van der Waals surface area (Å²) < 4.78 is 18.1. The van der Waals surface area contributed by atoms with E-state index in [4.69, 9.17) is 19.3 Å². The maximum atomic E-state index is 12.4. The summed E-state index contributed by atoms with van der Waals surface area (Å²) >= 11 is 0. The normalized spacial score (nSPS) is 11.9. The minimum Gasteiger partial charge on any atom is -0.481 e. The van der Waals surface area contributed by atoms with Crippen LogP contribution in [-0.2, 0) is 43.0 Å². The number of carbonyl (C=O) groups excluding carboxylic acids is 5. The SMILES string of the molecule is CCC(COCCC(=O)NCCCCCCCC=O)(COCCC(=O)NCCCCCCCC=O)COCCC(O)NCCCCCCC(=O)NCCCCCCCC(=O)O. The number of nitrogens with one attached hydrogen (secondary N) is 4.